The number of nitrogens with zero attached hydrogens (tertiary/aromatic N) is 3. The van der Waals surface area contributed by atoms with Gasteiger partial charge in [-0.1, -0.05) is 0 Å². The smallest absolute Gasteiger partial charge is 0.0877 e. The zero-order valence-corrected chi connectivity index (χ0v) is 11.7. The van der Waals surface area contributed by atoms with E-state index in [1.54, 1.807) is 6.20 Å². The molecular weight excluding hydrogens is 280 g/mol. The van der Waals surface area contributed by atoms with Crippen molar-refractivity contribution in [1.82, 2.24) is 20.1 Å². The number of hydrogen-bond donors (Lipinski definition) is 1. The fourth-order valence-electron chi connectivity index (χ4n) is 1.80. The Labute approximate surface area is 109 Å². The second-order valence-corrected chi connectivity index (χ2v) is 4.72. The second-order valence-electron chi connectivity index (χ2n) is 3.93. The van der Waals surface area contributed by atoms with Gasteiger partial charge in [-0.15, -0.1) is 0 Å². The molecule has 0 saturated heterocycles. The molecule has 4 nitrogen and oxygen atoms in total. The molecule has 1 N–H and O–H groups in total. The minimum absolute atomic E-state index is 0.799. The highest BCUT2D eigenvalue weighted by atomic mass is 79.9. The molecule has 5 heteroatoms. The van der Waals surface area contributed by atoms with E-state index in [1.807, 2.05) is 37.8 Å². The molecule has 0 bridgehead atoms. The van der Waals surface area contributed by atoms with E-state index in [9.17, 15) is 0 Å². The first-order chi connectivity index (χ1) is 8.15. The fraction of sp³-hybridized carbons (Fsp3) is 0.333. The van der Waals surface area contributed by atoms with E-state index in [1.165, 1.54) is 5.56 Å². The maximum absolute atomic E-state index is 4.52. The minimum atomic E-state index is 0.799. The number of rotatable bonds is 3. The van der Waals surface area contributed by atoms with E-state index in [4.69, 9.17) is 0 Å². The van der Waals surface area contributed by atoms with Crippen molar-refractivity contribution in [3.8, 4) is 5.69 Å². The maximum Gasteiger partial charge on any atom is 0.0877 e. The van der Waals surface area contributed by atoms with Crippen molar-refractivity contribution in [2.45, 2.75) is 20.4 Å². The van der Waals surface area contributed by atoms with Gasteiger partial charge in [0.25, 0.3) is 0 Å². The van der Waals surface area contributed by atoms with Crippen LogP contribution in [0.25, 0.3) is 5.69 Å². The summed E-state index contributed by atoms with van der Waals surface area (Å²) in [7, 11) is 1.93. The Morgan fingerprint density at radius 1 is 1.41 bits per heavy atom. The molecule has 0 spiro atoms. The Morgan fingerprint density at radius 2 is 2.18 bits per heavy atom. The van der Waals surface area contributed by atoms with Crippen LogP contribution >= 0.6 is 15.9 Å². The van der Waals surface area contributed by atoms with Crippen molar-refractivity contribution in [3.05, 3.63) is 39.9 Å². The maximum atomic E-state index is 4.52. The molecule has 90 valence electrons. The van der Waals surface area contributed by atoms with Gasteiger partial charge in [-0.25, -0.2) is 4.68 Å². The molecule has 2 aromatic heterocycles. The van der Waals surface area contributed by atoms with Crippen LogP contribution in [0, 0.1) is 13.8 Å². The first-order valence-electron chi connectivity index (χ1n) is 5.44. The van der Waals surface area contributed by atoms with Crippen LogP contribution in [0.2, 0.25) is 0 Å². The molecule has 0 radical (unpaired) electrons. The van der Waals surface area contributed by atoms with Crippen molar-refractivity contribution in [1.29, 1.82) is 0 Å². The van der Waals surface area contributed by atoms with Gasteiger partial charge >= 0.3 is 0 Å². The number of pyridine rings is 1. The highest BCUT2D eigenvalue weighted by Crippen LogP contribution is 2.24. The summed E-state index contributed by atoms with van der Waals surface area (Å²) in [5, 5.41) is 7.68. The third-order valence-corrected chi connectivity index (χ3v) is 3.83. The lowest BCUT2D eigenvalue weighted by atomic mass is 10.2. The lowest BCUT2D eigenvalue weighted by Gasteiger charge is -2.10. The van der Waals surface area contributed by atoms with Crippen molar-refractivity contribution in [3.63, 3.8) is 0 Å². The first-order valence-corrected chi connectivity index (χ1v) is 6.24. The molecule has 2 aromatic rings. The average Bonchev–Trinajstić information content (AvgIpc) is 2.58. The summed E-state index contributed by atoms with van der Waals surface area (Å²) >= 11 is 3.54. The summed E-state index contributed by atoms with van der Waals surface area (Å²) in [6.07, 6.45) is 3.65. The second kappa shape index (κ2) is 4.98. The lowest BCUT2D eigenvalue weighted by molar-refractivity contribution is 0.770. The molecule has 0 aliphatic carbocycles. The van der Waals surface area contributed by atoms with E-state index in [2.05, 4.69) is 31.3 Å². The normalized spacial score (nSPS) is 10.8. The highest BCUT2D eigenvalue weighted by Gasteiger charge is 2.12. The van der Waals surface area contributed by atoms with Gasteiger partial charge in [-0.2, -0.15) is 5.10 Å². The third-order valence-electron chi connectivity index (χ3n) is 2.69. The monoisotopic (exact) mass is 294 g/mol. The van der Waals surface area contributed by atoms with Gasteiger partial charge in [0, 0.05) is 12.7 Å². The summed E-state index contributed by atoms with van der Waals surface area (Å²) < 4.78 is 2.98. The number of halogens is 1. The van der Waals surface area contributed by atoms with Crippen molar-refractivity contribution < 1.29 is 0 Å². The zero-order valence-electron chi connectivity index (χ0n) is 10.2. The summed E-state index contributed by atoms with van der Waals surface area (Å²) in [6, 6.07) is 2.01. The summed E-state index contributed by atoms with van der Waals surface area (Å²) in [6.45, 7) is 4.83. The molecule has 0 unspecified atom stereocenters. The number of aromatic nitrogens is 3. The SMILES string of the molecule is CNCc1ccncc1-n1nc(C)c(Br)c1C. The lowest BCUT2D eigenvalue weighted by Crippen LogP contribution is -2.10. The fourth-order valence-corrected chi connectivity index (χ4v) is 2.05. The van der Waals surface area contributed by atoms with Gasteiger partial charge in [-0.3, -0.25) is 4.98 Å². The van der Waals surface area contributed by atoms with Crippen LogP contribution in [0.5, 0.6) is 0 Å². The van der Waals surface area contributed by atoms with Crippen LogP contribution in [0.15, 0.2) is 22.9 Å². The number of nitrogens with one attached hydrogen (secondary N) is 1. The molecule has 0 aliphatic rings. The molecule has 2 rings (SSSR count). The zero-order chi connectivity index (χ0) is 12.4. The minimum Gasteiger partial charge on any atom is -0.316 e. The topological polar surface area (TPSA) is 42.7 Å². The number of hydrogen-bond acceptors (Lipinski definition) is 3. The first kappa shape index (κ1) is 12.3. The van der Waals surface area contributed by atoms with Crippen molar-refractivity contribution in [2.75, 3.05) is 7.05 Å². The molecular formula is C12H15BrN4. The van der Waals surface area contributed by atoms with Gasteiger partial charge in [0.05, 0.1) is 27.7 Å². The van der Waals surface area contributed by atoms with Crippen LogP contribution in [0.1, 0.15) is 17.0 Å². The predicted molar refractivity (Wildman–Crippen MR) is 71.3 cm³/mol. The Kier molecular flexibility index (Phi) is 3.59. The van der Waals surface area contributed by atoms with E-state index < -0.39 is 0 Å². The van der Waals surface area contributed by atoms with Gasteiger partial charge in [0.15, 0.2) is 0 Å². The van der Waals surface area contributed by atoms with E-state index >= 15 is 0 Å². The van der Waals surface area contributed by atoms with Crippen LogP contribution in [0.3, 0.4) is 0 Å². The van der Waals surface area contributed by atoms with Crippen LogP contribution in [0.4, 0.5) is 0 Å². The Morgan fingerprint density at radius 3 is 2.76 bits per heavy atom. The van der Waals surface area contributed by atoms with Crippen LogP contribution < -0.4 is 5.32 Å². The molecule has 0 aromatic carbocycles. The Hall–Kier alpha value is -1.20. The molecule has 0 atom stereocenters. The molecule has 2 heterocycles. The average molecular weight is 295 g/mol. The third kappa shape index (κ3) is 2.25. The van der Waals surface area contributed by atoms with Gasteiger partial charge in [0.1, 0.15) is 0 Å². The van der Waals surface area contributed by atoms with Gasteiger partial charge < -0.3 is 5.32 Å². The molecule has 0 amide bonds. The van der Waals surface area contributed by atoms with Crippen molar-refractivity contribution >= 4 is 15.9 Å². The van der Waals surface area contributed by atoms with Gasteiger partial charge in [-0.05, 0) is 48.5 Å². The van der Waals surface area contributed by atoms with E-state index in [0.29, 0.717) is 0 Å². The Balaban J connectivity index is 2.56. The van der Waals surface area contributed by atoms with E-state index in [0.717, 1.165) is 28.1 Å². The quantitative estimate of drug-likeness (QED) is 0.945. The van der Waals surface area contributed by atoms with Crippen LogP contribution in [-0.4, -0.2) is 21.8 Å². The molecule has 17 heavy (non-hydrogen) atoms. The Bertz CT molecular complexity index is 533. The van der Waals surface area contributed by atoms with Crippen LogP contribution in [-0.2, 0) is 6.54 Å². The molecule has 0 fully saturated rings. The largest absolute Gasteiger partial charge is 0.316 e. The highest BCUT2D eigenvalue weighted by molar-refractivity contribution is 9.10. The summed E-state index contributed by atoms with van der Waals surface area (Å²) in [5.41, 5.74) is 4.28. The van der Waals surface area contributed by atoms with E-state index in [-0.39, 0.29) is 0 Å². The predicted octanol–water partition coefficient (Wildman–Crippen LogP) is 2.37. The molecule has 0 saturated carbocycles. The van der Waals surface area contributed by atoms with Crippen molar-refractivity contribution in [2.24, 2.45) is 0 Å². The van der Waals surface area contributed by atoms with Gasteiger partial charge in [0.2, 0.25) is 0 Å². The molecule has 0 aliphatic heterocycles. The summed E-state index contributed by atoms with van der Waals surface area (Å²) in [4.78, 5) is 4.18. The summed E-state index contributed by atoms with van der Waals surface area (Å²) in [5.74, 6) is 0. The standard InChI is InChI=1S/C12H15BrN4/c1-8-12(13)9(2)17(16-8)11-7-15-5-4-10(11)6-14-3/h4-5,7,14H,6H2,1-3H3. The number of aryl methyl sites for hydroxylation is 1.